The van der Waals surface area contributed by atoms with Crippen LogP contribution >= 0.6 is 22.9 Å². The van der Waals surface area contributed by atoms with Gasteiger partial charge in [0.15, 0.2) is 0 Å². The molecule has 0 spiro atoms. The molecule has 0 bridgehead atoms. The summed E-state index contributed by atoms with van der Waals surface area (Å²) in [6.07, 6.45) is 10.5. The standard InChI is InChI=1S/C21H23ClN2O2S/c1-3-15-6-4-5-7-17(15)12-19-23-13-20(27-19)26-18-10-8-16(9-11-18)14(2)24-21(22)25/h5,7-11,13-14H,3-4,6,12H2,1-2H3,(H,24,25). The van der Waals surface area contributed by atoms with Gasteiger partial charge in [-0.1, -0.05) is 48.1 Å². The van der Waals surface area contributed by atoms with Crippen LogP contribution in [0.4, 0.5) is 4.79 Å². The number of halogens is 1. The van der Waals surface area contributed by atoms with Crippen LogP contribution in [0, 0.1) is 0 Å². The Labute approximate surface area is 168 Å². The molecule has 1 aliphatic rings. The summed E-state index contributed by atoms with van der Waals surface area (Å²) in [5.74, 6) is 0.740. The van der Waals surface area contributed by atoms with Gasteiger partial charge in [0.05, 0.1) is 12.2 Å². The molecule has 4 nitrogen and oxygen atoms in total. The fourth-order valence-electron chi connectivity index (χ4n) is 3.13. The third-order valence-electron chi connectivity index (χ3n) is 4.62. The zero-order valence-corrected chi connectivity index (χ0v) is 17.1. The largest absolute Gasteiger partial charge is 0.445 e. The second kappa shape index (κ2) is 9.20. The van der Waals surface area contributed by atoms with Gasteiger partial charge in [-0.2, -0.15) is 0 Å². The number of carbonyl (C=O) groups is 1. The van der Waals surface area contributed by atoms with E-state index in [1.807, 2.05) is 31.2 Å². The molecular formula is C21H23ClN2O2S. The molecule has 0 saturated heterocycles. The van der Waals surface area contributed by atoms with Gasteiger partial charge in [-0.05, 0) is 61.1 Å². The predicted molar refractivity (Wildman–Crippen MR) is 111 cm³/mol. The van der Waals surface area contributed by atoms with E-state index in [0.29, 0.717) is 0 Å². The third kappa shape index (κ3) is 5.44. The van der Waals surface area contributed by atoms with Crippen LogP contribution < -0.4 is 10.1 Å². The Morgan fingerprint density at radius 1 is 1.37 bits per heavy atom. The van der Waals surface area contributed by atoms with Crippen molar-refractivity contribution in [1.82, 2.24) is 10.3 Å². The first-order chi connectivity index (χ1) is 13.0. The lowest BCUT2D eigenvalue weighted by molar-refractivity contribution is 0.257. The molecule has 2 aromatic rings. The first-order valence-electron chi connectivity index (χ1n) is 9.11. The number of hydrogen-bond acceptors (Lipinski definition) is 4. The molecule has 0 aliphatic heterocycles. The summed E-state index contributed by atoms with van der Waals surface area (Å²) in [5.41, 5.74) is 3.89. The van der Waals surface area contributed by atoms with Crippen LogP contribution in [0.1, 0.15) is 49.7 Å². The predicted octanol–water partition coefficient (Wildman–Crippen LogP) is 6.54. The van der Waals surface area contributed by atoms with Crippen molar-refractivity contribution in [3.05, 3.63) is 64.3 Å². The molecule has 27 heavy (non-hydrogen) atoms. The number of hydrogen-bond donors (Lipinski definition) is 1. The molecule has 0 fully saturated rings. The van der Waals surface area contributed by atoms with Crippen molar-refractivity contribution < 1.29 is 9.53 Å². The number of rotatable bonds is 7. The van der Waals surface area contributed by atoms with Crippen LogP contribution in [-0.2, 0) is 6.42 Å². The van der Waals surface area contributed by atoms with E-state index in [1.165, 1.54) is 11.1 Å². The Bertz CT molecular complexity index is 855. The summed E-state index contributed by atoms with van der Waals surface area (Å²) >= 11 is 6.94. The van der Waals surface area contributed by atoms with Gasteiger partial charge in [-0.25, -0.2) is 4.98 Å². The first-order valence-corrected chi connectivity index (χ1v) is 10.3. The lowest BCUT2D eigenvalue weighted by atomic mass is 9.94. The number of nitrogens with one attached hydrogen (secondary N) is 1. The average molecular weight is 403 g/mol. The second-order valence-corrected chi connectivity index (χ2v) is 7.91. The number of allylic oxidation sites excluding steroid dienone is 4. The van der Waals surface area contributed by atoms with Gasteiger partial charge in [0.2, 0.25) is 5.06 Å². The maximum Gasteiger partial charge on any atom is 0.314 e. The molecule has 142 valence electrons. The molecule has 0 radical (unpaired) electrons. The molecule has 1 aliphatic carbocycles. The van der Waals surface area contributed by atoms with Crippen LogP contribution in [0.5, 0.6) is 10.8 Å². The molecule has 0 saturated carbocycles. The maximum atomic E-state index is 10.9. The van der Waals surface area contributed by atoms with Crippen LogP contribution in [0.3, 0.4) is 0 Å². The smallest absolute Gasteiger partial charge is 0.314 e. The van der Waals surface area contributed by atoms with Gasteiger partial charge >= 0.3 is 5.37 Å². The van der Waals surface area contributed by atoms with E-state index < -0.39 is 5.37 Å². The Hall–Kier alpha value is -2.11. The molecule has 1 N–H and O–H groups in total. The van der Waals surface area contributed by atoms with Gasteiger partial charge in [0.1, 0.15) is 10.8 Å². The van der Waals surface area contributed by atoms with Crippen molar-refractivity contribution in [3.8, 4) is 10.8 Å². The summed E-state index contributed by atoms with van der Waals surface area (Å²) in [7, 11) is 0. The van der Waals surface area contributed by atoms with Gasteiger partial charge < -0.3 is 10.1 Å². The van der Waals surface area contributed by atoms with E-state index in [0.717, 1.165) is 47.1 Å². The number of aromatic nitrogens is 1. The van der Waals surface area contributed by atoms with E-state index in [4.69, 9.17) is 16.3 Å². The van der Waals surface area contributed by atoms with E-state index in [2.05, 4.69) is 29.4 Å². The third-order valence-corrected chi connectivity index (χ3v) is 5.60. The Morgan fingerprint density at radius 2 is 2.15 bits per heavy atom. The average Bonchev–Trinajstić information content (AvgIpc) is 3.09. The molecule has 1 aromatic carbocycles. The number of carbonyl (C=O) groups excluding carboxylic acids is 1. The lowest BCUT2D eigenvalue weighted by Gasteiger charge is -2.13. The van der Waals surface area contributed by atoms with Crippen LogP contribution in [0.15, 0.2) is 53.8 Å². The molecule has 1 aromatic heterocycles. The molecular weight excluding hydrogens is 380 g/mol. The van der Waals surface area contributed by atoms with Gasteiger partial charge in [-0.15, -0.1) is 0 Å². The number of benzene rings is 1. The topological polar surface area (TPSA) is 51.2 Å². The number of thiazole rings is 1. The van der Waals surface area contributed by atoms with Gasteiger partial charge in [0, 0.05) is 6.42 Å². The highest BCUT2D eigenvalue weighted by molar-refractivity contribution is 7.13. The highest BCUT2D eigenvalue weighted by atomic mass is 35.5. The monoisotopic (exact) mass is 402 g/mol. The molecule has 1 amide bonds. The van der Waals surface area contributed by atoms with Crippen molar-refractivity contribution in [3.63, 3.8) is 0 Å². The summed E-state index contributed by atoms with van der Waals surface area (Å²) in [6.45, 7) is 4.10. The number of nitrogens with zero attached hydrogens (tertiary/aromatic N) is 1. The van der Waals surface area contributed by atoms with Crippen molar-refractivity contribution in [2.24, 2.45) is 0 Å². The molecule has 1 unspecified atom stereocenters. The number of amides is 1. The quantitative estimate of drug-likeness (QED) is 0.422. The van der Waals surface area contributed by atoms with Crippen molar-refractivity contribution >= 4 is 28.3 Å². The van der Waals surface area contributed by atoms with Gasteiger partial charge in [-0.3, -0.25) is 4.79 Å². The van der Waals surface area contributed by atoms with E-state index >= 15 is 0 Å². The van der Waals surface area contributed by atoms with Crippen molar-refractivity contribution in [2.45, 2.75) is 45.6 Å². The minimum atomic E-state index is -0.561. The van der Waals surface area contributed by atoms with Crippen LogP contribution in [0.25, 0.3) is 0 Å². The van der Waals surface area contributed by atoms with Crippen molar-refractivity contribution in [2.75, 3.05) is 0 Å². The summed E-state index contributed by atoms with van der Waals surface area (Å²) in [4.78, 5) is 15.5. The normalized spacial score (nSPS) is 14.9. The summed E-state index contributed by atoms with van der Waals surface area (Å²) in [6, 6.07) is 7.45. The fraction of sp³-hybridized carbons (Fsp3) is 0.333. The molecule has 1 heterocycles. The summed E-state index contributed by atoms with van der Waals surface area (Å²) < 4.78 is 5.93. The molecule has 1 atom stereocenters. The first kappa shape index (κ1) is 19.6. The number of ether oxygens (including phenoxy) is 1. The Kier molecular flexibility index (Phi) is 6.69. The van der Waals surface area contributed by atoms with E-state index in [1.54, 1.807) is 17.5 Å². The minimum Gasteiger partial charge on any atom is -0.445 e. The zero-order chi connectivity index (χ0) is 19.2. The summed E-state index contributed by atoms with van der Waals surface area (Å²) in [5, 5.41) is 3.92. The minimum absolute atomic E-state index is 0.149. The maximum absolute atomic E-state index is 10.9. The van der Waals surface area contributed by atoms with E-state index in [-0.39, 0.29) is 6.04 Å². The van der Waals surface area contributed by atoms with Gasteiger partial charge in [0.25, 0.3) is 0 Å². The Morgan fingerprint density at radius 3 is 2.85 bits per heavy atom. The molecule has 3 rings (SSSR count). The Balaban J connectivity index is 1.63. The fourth-order valence-corrected chi connectivity index (χ4v) is 4.10. The molecule has 6 heteroatoms. The zero-order valence-electron chi connectivity index (χ0n) is 15.5. The van der Waals surface area contributed by atoms with Crippen LogP contribution in [0.2, 0.25) is 0 Å². The second-order valence-electron chi connectivity index (χ2n) is 6.48. The highest BCUT2D eigenvalue weighted by Crippen LogP contribution is 2.31. The SMILES string of the molecule is CCC1=C(Cc2ncc(Oc3ccc(C(C)NC(=O)Cl)cc3)s2)C=CCC1. The highest BCUT2D eigenvalue weighted by Gasteiger charge is 2.12. The van der Waals surface area contributed by atoms with E-state index in [9.17, 15) is 4.79 Å². The van der Waals surface area contributed by atoms with Crippen LogP contribution in [-0.4, -0.2) is 10.4 Å². The van der Waals surface area contributed by atoms with Crippen molar-refractivity contribution in [1.29, 1.82) is 0 Å². The lowest BCUT2D eigenvalue weighted by Crippen LogP contribution is -2.20.